The van der Waals surface area contributed by atoms with E-state index in [0.29, 0.717) is 30.2 Å². The molecule has 1 heterocycles. The molecule has 5 nitrogen and oxygen atoms in total. The van der Waals surface area contributed by atoms with E-state index in [4.69, 9.17) is 14.7 Å². The minimum Gasteiger partial charge on any atom is -0.493 e. The first kappa shape index (κ1) is 18.2. The molecule has 0 unspecified atom stereocenters. The first-order chi connectivity index (χ1) is 12.6. The van der Waals surface area contributed by atoms with Crippen molar-refractivity contribution >= 4 is 17.7 Å². The Morgan fingerprint density at radius 3 is 2.42 bits per heavy atom. The Morgan fingerprint density at radius 2 is 1.81 bits per heavy atom. The quantitative estimate of drug-likeness (QED) is 0.758. The predicted octanol–water partition coefficient (Wildman–Crippen LogP) is 3.25. The zero-order valence-corrected chi connectivity index (χ0v) is 15.6. The molecule has 0 aliphatic carbocycles. The van der Waals surface area contributed by atoms with E-state index in [1.165, 1.54) is 17.3 Å². The summed E-state index contributed by atoms with van der Waals surface area (Å²) in [5, 5.41) is 8.83. The van der Waals surface area contributed by atoms with Crippen LogP contribution in [0, 0.1) is 11.3 Å². The lowest BCUT2D eigenvalue weighted by molar-refractivity contribution is -0.129. The van der Waals surface area contributed by atoms with Gasteiger partial charge in [0.2, 0.25) is 5.91 Å². The Balaban J connectivity index is 1.64. The fraction of sp³-hybridized carbons (Fsp3) is 0.300. The van der Waals surface area contributed by atoms with Crippen LogP contribution in [-0.4, -0.2) is 37.3 Å². The SMILES string of the molecule is COc1cc2c(cc1OC)CN(C(=O)CSc1ccc(C#N)cc1)CC2. The number of hydrogen-bond acceptors (Lipinski definition) is 5. The minimum atomic E-state index is 0.111. The third-order valence-electron chi connectivity index (χ3n) is 4.42. The number of benzene rings is 2. The molecule has 3 rings (SSSR count). The van der Waals surface area contributed by atoms with Crippen LogP contribution >= 0.6 is 11.8 Å². The van der Waals surface area contributed by atoms with Crippen LogP contribution in [-0.2, 0) is 17.8 Å². The molecule has 0 saturated heterocycles. The number of ether oxygens (including phenoxy) is 2. The van der Waals surface area contributed by atoms with Crippen molar-refractivity contribution in [3.63, 3.8) is 0 Å². The van der Waals surface area contributed by atoms with Gasteiger partial charge in [0.15, 0.2) is 11.5 Å². The zero-order chi connectivity index (χ0) is 18.5. The molecule has 0 saturated carbocycles. The number of nitrogens with zero attached hydrogens (tertiary/aromatic N) is 2. The summed E-state index contributed by atoms with van der Waals surface area (Å²) in [7, 11) is 3.24. The lowest BCUT2D eigenvalue weighted by atomic mass is 9.99. The van der Waals surface area contributed by atoms with Crippen molar-refractivity contribution in [1.29, 1.82) is 5.26 Å². The highest BCUT2D eigenvalue weighted by molar-refractivity contribution is 8.00. The van der Waals surface area contributed by atoms with Crippen molar-refractivity contribution in [2.24, 2.45) is 0 Å². The lowest BCUT2D eigenvalue weighted by Crippen LogP contribution is -2.37. The van der Waals surface area contributed by atoms with Gasteiger partial charge in [-0.1, -0.05) is 0 Å². The highest BCUT2D eigenvalue weighted by Gasteiger charge is 2.22. The van der Waals surface area contributed by atoms with E-state index in [1.807, 2.05) is 29.2 Å². The number of thioether (sulfide) groups is 1. The van der Waals surface area contributed by atoms with Crippen LogP contribution in [0.15, 0.2) is 41.3 Å². The van der Waals surface area contributed by atoms with Gasteiger partial charge in [0.05, 0.1) is 31.6 Å². The van der Waals surface area contributed by atoms with E-state index in [9.17, 15) is 4.79 Å². The second-order valence-electron chi connectivity index (χ2n) is 5.97. The van der Waals surface area contributed by atoms with Crippen LogP contribution in [0.1, 0.15) is 16.7 Å². The van der Waals surface area contributed by atoms with Crippen molar-refractivity contribution in [3.05, 3.63) is 53.1 Å². The molecule has 0 bridgehead atoms. The second-order valence-corrected chi connectivity index (χ2v) is 7.01. The number of hydrogen-bond donors (Lipinski definition) is 0. The van der Waals surface area contributed by atoms with E-state index >= 15 is 0 Å². The van der Waals surface area contributed by atoms with Crippen LogP contribution in [0.5, 0.6) is 11.5 Å². The van der Waals surface area contributed by atoms with Gasteiger partial charge >= 0.3 is 0 Å². The summed E-state index contributed by atoms with van der Waals surface area (Å²) in [6, 6.07) is 13.3. The third kappa shape index (κ3) is 3.94. The summed E-state index contributed by atoms with van der Waals surface area (Å²) >= 11 is 1.49. The van der Waals surface area contributed by atoms with E-state index in [-0.39, 0.29) is 5.91 Å². The van der Waals surface area contributed by atoms with E-state index in [1.54, 1.807) is 26.4 Å². The Hall–Kier alpha value is -2.65. The average molecular weight is 368 g/mol. The maximum atomic E-state index is 12.6. The van der Waals surface area contributed by atoms with Gasteiger partial charge in [-0.25, -0.2) is 0 Å². The molecule has 2 aromatic carbocycles. The molecule has 0 radical (unpaired) electrons. The highest BCUT2D eigenvalue weighted by Crippen LogP contribution is 2.33. The van der Waals surface area contributed by atoms with Crippen molar-refractivity contribution in [3.8, 4) is 17.6 Å². The van der Waals surface area contributed by atoms with Gasteiger partial charge in [0, 0.05) is 18.0 Å². The summed E-state index contributed by atoms with van der Waals surface area (Å²) in [6.07, 6.45) is 0.808. The van der Waals surface area contributed by atoms with Gasteiger partial charge < -0.3 is 14.4 Å². The van der Waals surface area contributed by atoms with Crippen molar-refractivity contribution in [2.45, 2.75) is 17.9 Å². The smallest absolute Gasteiger partial charge is 0.233 e. The van der Waals surface area contributed by atoms with Crippen LogP contribution in [0.3, 0.4) is 0 Å². The largest absolute Gasteiger partial charge is 0.493 e. The number of amides is 1. The second kappa shape index (κ2) is 8.15. The monoisotopic (exact) mass is 368 g/mol. The summed E-state index contributed by atoms with van der Waals surface area (Å²) in [5.41, 5.74) is 2.93. The number of nitriles is 1. The van der Waals surface area contributed by atoms with Gasteiger partial charge in [0.1, 0.15) is 0 Å². The number of methoxy groups -OCH3 is 2. The first-order valence-corrected chi connectivity index (χ1v) is 9.27. The zero-order valence-electron chi connectivity index (χ0n) is 14.8. The standard InChI is InChI=1S/C20H20N2O3S/c1-24-18-9-15-7-8-22(12-16(15)10-19(18)25-2)20(23)13-26-17-5-3-14(11-21)4-6-17/h3-6,9-10H,7-8,12-13H2,1-2H3. The highest BCUT2D eigenvalue weighted by atomic mass is 32.2. The maximum absolute atomic E-state index is 12.6. The number of fused-ring (bicyclic) bond motifs is 1. The summed E-state index contributed by atoms with van der Waals surface area (Å²) in [5.74, 6) is 1.91. The summed E-state index contributed by atoms with van der Waals surface area (Å²) in [4.78, 5) is 15.4. The Morgan fingerprint density at radius 1 is 1.15 bits per heavy atom. The van der Waals surface area contributed by atoms with E-state index in [2.05, 4.69) is 6.07 Å². The Labute approximate surface area is 157 Å². The van der Waals surface area contributed by atoms with Crippen LogP contribution in [0.25, 0.3) is 0 Å². The van der Waals surface area contributed by atoms with Gasteiger partial charge in [-0.05, 0) is 53.9 Å². The third-order valence-corrected chi connectivity index (χ3v) is 5.41. The maximum Gasteiger partial charge on any atom is 0.233 e. The van der Waals surface area contributed by atoms with Gasteiger partial charge in [-0.3, -0.25) is 4.79 Å². The fourth-order valence-corrected chi connectivity index (χ4v) is 3.76. The molecule has 0 atom stereocenters. The first-order valence-electron chi connectivity index (χ1n) is 8.29. The Bertz CT molecular complexity index is 843. The number of carbonyl (C=O) groups excluding carboxylic acids is 1. The minimum absolute atomic E-state index is 0.111. The van der Waals surface area contributed by atoms with Crippen LogP contribution in [0.4, 0.5) is 0 Å². The number of carbonyl (C=O) groups is 1. The molecule has 0 fully saturated rings. The summed E-state index contributed by atoms with van der Waals surface area (Å²) in [6.45, 7) is 1.29. The Kier molecular flexibility index (Phi) is 5.69. The number of rotatable bonds is 5. The van der Waals surface area contributed by atoms with Crippen molar-refractivity contribution in [2.75, 3.05) is 26.5 Å². The molecule has 1 aliphatic rings. The predicted molar refractivity (Wildman–Crippen MR) is 101 cm³/mol. The van der Waals surface area contributed by atoms with Crippen molar-refractivity contribution < 1.29 is 14.3 Å². The molecule has 6 heteroatoms. The molecule has 0 N–H and O–H groups in total. The van der Waals surface area contributed by atoms with Crippen molar-refractivity contribution in [1.82, 2.24) is 4.90 Å². The van der Waals surface area contributed by atoms with Gasteiger partial charge in [0.25, 0.3) is 0 Å². The molecule has 2 aromatic rings. The van der Waals surface area contributed by atoms with E-state index in [0.717, 1.165) is 22.6 Å². The van der Waals surface area contributed by atoms with Crippen LogP contribution < -0.4 is 9.47 Å². The lowest BCUT2D eigenvalue weighted by Gasteiger charge is -2.29. The molecular formula is C20H20N2O3S. The van der Waals surface area contributed by atoms with Gasteiger partial charge in [-0.15, -0.1) is 11.8 Å². The van der Waals surface area contributed by atoms with Crippen LogP contribution in [0.2, 0.25) is 0 Å². The molecule has 1 amide bonds. The molecule has 134 valence electrons. The van der Waals surface area contributed by atoms with E-state index < -0.39 is 0 Å². The topological polar surface area (TPSA) is 62.6 Å². The fourth-order valence-electron chi connectivity index (χ4n) is 2.96. The molecule has 1 aliphatic heterocycles. The van der Waals surface area contributed by atoms with Gasteiger partial charge in [-0.2, -0.15) is 5.26 Å². The molecule has 0 spiro atoms. The summed E-state index contributed by atoms with van der Waals surface area (Å²) < 4.78 is 10.7. The normalized spacial score (nSPS) is 12.9. The molecule has 26 heavy (non-hydrogen) atoms. The molecular weight excluding hydrogens is 348 g/mol. The molecule has 0 aromatic heterocycles. The average Bonchev–Trinajstić information content (AvgIpc) is 2.70.